The Morgan fingerprint density at radius 2 is 1.85 bits per heavy atom. The summed E-state index contributed by atoms with van der Waals surface area (Å²) in [5, 5.41) is 24.8. The van der Waals surface area contributed by atoms with Crippen molar-refractivity contribution in [2.45, 2.75) is 108 Å². The monoisotopic (exact) mass is 556 g/mol. The molecule has 4 saturated carbocycles. The number of rotatable bonds is 5. The van der Waals surface area contributed by atoms with Gasteiger partial charge >= 0.3 is 11.7 Å². The fraction of sp³-hybridized carbons (Fsp3) is 0.812. The molecule has 1 aliphatic heterocycles. The second kappa shape index (κ2) is 10.7. The molecule has 222 valence electrons. The maximum absolute atomic E-state index is 13.0. The van der Waals surface area contributed by atoms with Crippen LogP contribution < -0.4 is 10.9 Å². The standard InChI is InChI=1S/C32H48N2O6/c1-30-12-7-24(40-29(37)34-16-10-23(11-17-34)33-15-18-35)19-22(30)4-5-27-26(30)8-13-31(2)25(9-14-32(27,31)38)21-3-6-28(36)39-20-21/h3,6,20,22-27,33,35,38H,4-5,7-19H2,1-2H3. The molecule has 5 aliphatic rings. The lowest BCUT2D eigenvalue weighted by Crippen LogP contribution is -2.62. The van der Waals surface area contributed by atoms with Crippen LogP contribution in [0.5, 0.6) is 0 Å². The molecule has 0 spiro atoms. The Hall–Kier alpha value is -1.90. The van der Waals surface area contributed by atoms with Gasteiger partial charge in [-0.3, -0.25) is 0 Å². The first-order chi connectivity index (χ1) is 19.2. The van der Waals surface area contributed by atoms with E-state index in [4.69, 9.17) is 14.3 Å². The van der Waals surface area contributed by atoms with Gasteiger partial charge in [0.2, 0.25) is 0 Å². The molecular weight excluding hydrogens is 508 g/mol. The summed E-state index contributed by atoms with van der Waals surface area (Å²) in [6.07, 6.45) is 12.0. The number of carbonyl (C=O) groups excluding carboxylic acids is 1. The predicted octanol–water partition coefficient (Wildman–Crippen LogP) is 4.43. The lowest BCUT2D eigenvalue weighted by molar-refractivity contribution is -0.205. The molecule has 8 nitrogen and oxygen atoms in total. The fourth-order valence-electron chi connectivity index (χ4n) is 10.1. The smallest absolute Gasteiger partial charge is 0.410 e. The lowest BCUT2D eigenvalue weighted by atomic mass is 9.43. The number of aliphatic hydroxyl groups is 2. The summed E-state index contributed by atoms with van der Waals surface area (Å²) in [5.41, 5.74) is -0.0343. The Labute approximate surface area is 237 Å². The third-order valence-corrected chi connectivity index (χ3v) is 12.5. The molecule has 5 fully saturated rings. The molecule has 1 saturated heterocycles. The third-order valence-electron chi connectivity index (χ3n) is 12.5. The average Bonchev–Trinajstić information content (AvgIpc) is 3.24. The van der Waals surface area contributed by atoms with E-state index in [1.165, 1.54) is 6.07 Å². The quantitative estimate of drug-likeness (QED) is 0.492. The van der Waals surface area contributed by atoms with Crippen molar-refractivity contribution < 1.29 is 24.2 Å². The first kappa shape index (κ1) is 28.2. The van der Waals surface area contributed by atoms with E-state index in [-0.39, 0.29) is 47.1 Å². The first-order valence-electron chi connectivity index (χ1n) is 15.8. The van der Waals surface area contributed by atoms with E-state index in [1.54, 1.807) is 6.26 Å². The van der Waals surface area contributed by atoms with Crippen LogP contribution in [0.2, 0.25) is 0 Å². The van der Waals surface area contributed by atoms with E-state index in [1.807, 2.05) is 11.0 Å². The highest BCUT2D eigenvalue weighted by Gasteiger charge is 2.67. The van der Waals surface area contributed by atoms with Crippen LogP contribution in [-0.2, 0) is 4.74 Å². The normalized spacial score (nSPS) is 41.6. The van der Waals surface area contributed by atoms with Gasteiger partial charge in [-0.1, -0.05) is 13.8 Å². The molecule has 8 heteroatoms. The zero-order chi connectivity index (χ0) is 28.1. The molecule has 0 radical (unpaired) electrons. The lowest BCUT2D eigenvalue weighted by Gasteiger charge is -2.63. The summed E-state index contributed by atoms with van der Waals surface area (Å²) in [7, 11) is 0. The number of amides is 1. The number of nitrogens with zero attached hydrogens (tertiary/aromatic N) is 1. The number of carbonyl (C=O) groups is 1. The molecule has 1 amide bonds. The highest BCUT2D eigenvalue weighted by molar-refractivity contribution is 5.68. The second-order valence-electron chi connectivity index (χ2n) is 14.1. The maximum atomic E-state index is 13.0. The number of hydrogen-bond acceptors (Lipinski definition) is 7. The molecule has 0 aromatic carbocycles. The fourth-order valence-corrected chi connectivity index (χ4v) is 10.1. The number of likely N-dealkylation sites (tertiary alicyclic amines) is 1. The summed E-state index contributed by atoms with van der Waals surface area (Å²) in [5.74, 6) is 1.49. The van der Waals surface area contributed by atoms with Crippen LogP contribution in [0.15, 0.2) is 27.6 Å². The minimum Gasteiger partial charge on any atom is -0.446 e. The van der Waals surface area contributed by atoms with Gasteiger partial charge in [0.05, 0.1) is 18.5 Å². The van der Waals surface area contributed by atoms with Crippen LogP contribution in [0, 0.1) is 28.6 Å². The number of hydrogen-bond donors (Lipinski definition) is 3. The number of aliphatic hydroxyl groups excluding tert-OH is 1. The summed E-state index contributed by atoms with van der Waals surface area (Å²) in [6, 6.07) is 3.77. The molecule has 40 heavy (non-hydrogen) atoms. The largest absolute Gasteiger partial charge is 0.446 e. The Morgan fingerprint density at radius 3 is 2.58 bits per heavy atom. The van der Waals surface area contributed by atoms with Crippen LogP contribution in [0.1, 0.15) is 96.0 Å². The van der Waals surface area contributed by atoms with Gasteiger partial charge in [0, 0.05) is 37.2 Å². The van der Waals surface area contributed by atoms with Gasteiger partial charge in [-0.2, -0.15) is 0 Å². The van der Waals surface area contributed by atoms with Gasteiger partial charge in [-0.15, -0.1) is 0 Å². The van der Waals surface area contributed by atoms with E-state index in [0.29, 0.717) is 37.5 Å². The van der Waals surface area contributed by atoms with Crippen molar-refractivity contribution in [1.29, 1.82) is 0 Å². The molecule has 8 atom stereocenters. The van der Waals surface area contributed by atoms with E-state index < -0.39 is 5.60 Å². The van der Waals surface area contributed by atoms with E-state index >= 15 is 0 Å². The molecule has 8 unspecified atom stereocenters. The zero-order valence-corrected chi connectivity index (χ0v) is 24.3. The Morgan fingerprint density at radius 1 is 1.05 bits per heavy atom. The number of fused-ring (bicyclic) bond motifs is 5. The minimum absolute atomic E-state index is 0.0205. The van der Waals surface area contributed by atoms with Gasteiger partial charge < -0.3 is 29.6 Å². The predicted molar refractivity (Wildman–Crippen MR) is 151 cm³/mol. The summed E-state index contributed by atoms with van der Waals surface area (Å²) < 4.78 is 11.3. The van der Waals surface area contributed by atoms with Crippen molar-refractivity contribution >= 4 is 6.09 Å². The maximum Gasteiger partial charge on any atom is 0.410 e. The Balaban J connectivity index is 1.09. The minimum atomic E-state index is -0.702. The van der Waals surface area contributed by atoms with E-state index in [2.05, 4.69) is 19.2 Å². The van der Waals surface area contributed by atoms with E-state index in [9.17, 15) is 14.7 Å². The molecule has 1 aromatic heterocycles. The van der Waals surface area contributed by atoms with Gasteiger partial charge in [-0.05, 0) is 111 Å². The van der Waals surface area contributed by atoms with Gasteiger partial charge in [0.15, 0.2) is 0 Å². The van der Waals surface area contributed by atoms with E-state index in [0.717, 1.165) is 76.2 Å². The summed E-state index contributed by atoms with van der Waals surface area (Å²) in [6.45, 7) is 6.88. The molecule has 3 N–H and O–H groups in total. The number of piperidine rings is 1. The van der Waals surface area contributed by atoms with Crippen molar-refractivity contribution in [3.8, 4) is 0 Å². The third kappa shape index (κ3) is 4.62. The molecule has 4 aliphatic carbocycles. The number of ether oxygens (including phenoxy) is 1. The molecule has 1 aromatic rings. The van der Waals surface area contributed by atoms with Crippen LogP contribution in [0.3, 0.4) is 0 Å². The second-order valence-corrected chi connectivity index (χ2v) is 14.1. The summed E-state index contributed by atoms with van der Waals surface area (Å²) >= 11 is 0. The van der Waals surface area contributed by atoms with Crippen molar-refractivity contribution in [1.82, 2.24) is 10.2 Å². The highest BCUT2D eigenvalue weighted by Crippen LogP contribution is 2.70. The SMILES string of the molecule is CC12CCC(OC(=O)N3CCC(NCCO)CC3)CC1CCC1C2CCC2(C)C(c3ccc(=O)oc3)CCC12O. The van der Waals surface area contributed by atoms with Crippen LogP contribution in [0.25, 0.3) is 0 Å². The molecule has 6 rings (SSSR count). The molecular formula is C32H48N2O6. The van der Waals surface area contributed by atoms with Crippen molar-refractivity contribution in [2.24, 2.45) is 28.6 Å². The zero-order valence-electron chi connectivity index (χ0n) is 24.3. The Bertz CT molecular complexity index is 1110. The summed E-state index contributed by atoms with van der Waals surface area (Å²) in [4.78, 5) is 26.4. The van der Waals surface area contributed by atoms with Gasteiger partial charge in [-0.25, -0.2) is 9.59 Å². The van der Waals surface area contributed by atoms with Crippen molar-refractivity contribution in [2.75, 3.05) is 26.2 Å². The van der Waals surface area contributed by atoms with Crippen LogP contribution in [0.4, 0.5) is 4.79 Å². The van der Waals surface area contributed by atoms with Crippen molar-refractivity contribution in [3.63, 3.8) is 0 Å². The number of nitrogens with one attached hydrogen (secondary N) is 1. The molecule has 0 bridgehead atoms. The topological polar surface area (TPSA) is 112 Å². The molecule has 2 heterocycles. The van der Waals surface area contributed by atoms with Crippen LogP contribution in [-0.4, -0.2) is 65.2 Å². The first-order valence-corrected chi connectivity index (χ1v) is 15.8. The van der Waals surface area contributed by atoms with Gasteiger partial charge in [0.25, 0.3) is 0 Å². The van der Waals surface area contributed by atoms with Crippen LogP contribution >= 0.6 is 0 Å². The average molecular weight is 557 g/mol. The highest BCUT2D eigenvalue weighted by atomic mass is 16.6. The Kier molecular flexibility index (Phi) is 7.58. The van der Waals surface area contributed by atoms with Gasteiger partial charge in [0.1, 0.15) is 6.10 Å². The van der Waals surface area contributed by atoms with Crippen molar-refractivity contribution in [3.05, 3.63) is 34.4 Å².